The molecule has 4 aromatic heterocycles. The molecule has 5 heterocycles. The monoisotopic (exact) mass is 249 g/mol. The molecule has 5 rings (SSSR count). The summed E-state index contributed by atoms with van der Waals surface area (Å²) in [6.45, 7) is 0.821. The van der Waals surface area contributed by atoms with E-state index in [1.54, 1.807) is 6.20 Å². The molecule has 0 saturated heterocycles. The average Bonchev–Trinajstić information content (AvgIpc) is 3.05. The number of hydrogen-bond acceptors (Lipinski definition) is 3. The summed E-state index contributed by atoms with van der Waals surface area (Å²) in [6.07, 6.45) is 7.29. The predicted molar refractivity (Wildman–Crippen MR) is 67.5 cm³/mol. The Kier molecular flexibility index (Phi) is 1.46. The van der Waals surface area contributed by atoms with E-state index in [-0.39, 0.29) is 0 Å². The summed E-state index contributed by atoms with van der Waals surface area (Å²) in [5, 5.41) is 0. The van der Waals surface area contributed by atoms with Crippen LogP contribution < -0.4 is 4.57 Å². The van der Waals surface area contributed by atoms with Crippen molar-refractivity contribution < 1.29 is 8.98 Å². The molecule has 0 saturated carbocycles. The van der Waals surface area contributed by atoms with E-state index in [0.29, 0.717) is 0 Å². The molecule has 19 heavy (non-hydrogen) atoms. The first-order chi connectivity index (χ1) is 9.42. The first kappa shape index (κ1) is 9.27. The number of fused-ring (bicyclic) bond motifs is 7. The Morgan fingerprint density at radius 2 is 2.16 bits per heavy atom. The maximum Gasteiger partial charge on any atom is 0.335 e. The molecular formula is C14H9N4O+. The highest BCUT2D eigenvalue weighted by atomic mass is 16.4. The molecule has 1 aliphatic rings. The van der Waals surface area contributed by atoms with Crippen molar-refractivity contribution in [3.8, 4) is 11.5 Å². The van der Waals surface area contributed by atoms with Crippen molar-refractivity contribution in [2.75, 3.05) is 0 Å². The van der Waals surface area contributed by atoms with Gasteiger partial charge in [0, 0.05) is 36.3 Å². The van der Waals surface area contributed by atoms with Gasteiger partial charge in [-0.2, -0.15) is 8.97 Å². The van der Waals surface area contributed by atoms with Crippen LogP contribution in [0.4, 0.5) is 0 Å². The fraction of sp³-hybridized carbons (Fsp3) is 0.0714. The zero-order chi connectivity index (χ0) is 12.4. The van der Waals surface area contributed by atoms with Crippen LogP contribution in [0.5, 0.6) is 0 Å². The molecule has 5 heteroatoms. The van der Waals surface area contributed by atoms with E-state index >= 15 is 0 Å². The average molecular weight is 249 g/mol. The second-order valence-electron chi connectivity index (χ2n) is 4.73. The molecule has 0 spiro atoms. The molecule has 0 amide bonds. The lowest BCUT2D eigenvalue weighted by Gasteiger charge is -1.90. The lowest BCUT2D eigenvalue weighted by molar-refractivity contribution is -0.651. The molecule has 0 radical (unpaired) electrons. The van der Waals surface area contributed by atoms with Crippen LogP contribution in [0.25, 0.3) is 28.2 Å². The molecule has 0 fully saturated rings. The van der Waals surface area contributed by atoms with Gasteiger partial charge in [0.25, 0.3) is 5.89 Å². The van der Waals surface area contributed by atoms with Gasteiger partial charge in [-0.3, -0.25) is 4.98 Å². The second kappa shape index (κ2) is 3.00. The zero-order valence-electron chi connectivity index (χ0n) is 9.95. The summed E-state index contributed by atoms with van der Waals surface area (Å²) in [6, 6.07) is 6.06. The van der Waals surface area contributed by atoms with E-state index in [1.165, 1.54) is 5.56 Å². The normalized spacial score (nSPS) is 13.1. The number of hydrogen-bond donors (Lipinski definition) is 0. The highest BCUT2D eigenvalue weighted by molar-refractivity contribution is 5.78. The maximum atomic E-state index is 6.00. The van der Waals surface area contributed by atoms with Gasteiger partial charge in [0.1, 0.15) is 12.1 Å². The lowest BCUT2D eigenvalue weighted by Crippen LogP contribution is -2.31. The van der Waals surface area contributed by atoms with Gasteiger partial charge in [-0.25, -0.2) is 4.98 Å². The Hall–Kier alpha value is -2.69. The van der Waals surface area contributed by atoms with Crippen LogP contribution in [-0.2, 0) is 6.54 Å². The van der Waals surface area contributed by atoms with Crippen molar-refractivity contribution in [2.45, 2.75) is 6.54 Å². The Morgan fingerprint density at radius 3 is 3.16 bits per heavy atom. The smallest absolute Gasteiger partial charge is 0.335 e. The maximum absolute atomic E-state index is 6.00. The second-order valence-corrected chi connectivity index (χ2v) is 4.73. The van der Waals surface area contributed by atoms with Gasteiger partial charge in [-0.1, -0.05) is 0 Å². The van der Waals surface area contributed by atoms with E-state index in [9.17, 15) is 0 Å². The number of pyridine rings is 1. The van der Waals surface area contributed by atoms with Crippen LogP contribution in [0.1, 0.15) is 5.56 Å². The van der Waals surface area contributed by atoms with Gasteiger partial charge >= 0.3 is 5.65 Å². The van der Waals surface area contributed by atoms with Crippen molar-refractivity contribution in [3.63, 3.8) is 0 Å². The molecule has 4 aromatic rings. The fourth-order valence-corrected chi connectivity index (χ4v) is 2.85. The molecule has 1 aliphatic heterocycles. The van der Waals surface area contributed by atoms with E-state index in [0.717, 1.165) is 34.7 Å². The van der Waals surface area contributed by atoms with E-state index in [1.807, 2.05) is 36.9 Å². The number of rotatable bonds is 0. The van der Waals surface area contributed by atoms with Gasteiger partial charge in [-0.15, -0.1) is 0 Å². The first-order valence-electron chi connectivity index (χ1n) is 6.12. The SMILES string of the molecule is c1cc2c(cn1)-c1oc3cc4ccncn4c3[n+]1C2. The largest absolute Gasteiger partial charge is 0.414 e. The van der Waals surface area contributed by atoms with Crippen LogP contribution in [-0.4, -0.2) is 14.4 Å². The number of oxazole rings is 1. The molecule has 5 nitrogen and oxygen atoms in total. The van der Waals surface area contributed by atoms with Crippen LogP contribution in [0.2, 0.25) is 0 Å². The third kappa shape index (κ3) is 1.03. The van der Waals surface area contributed by atoms with Crippen molar-refractivity contribution in [1.82, 2.24) is 14.4 Å². The van der Waals surface area contributed by atoms with Gasteiger partial charge in [0.05, 0.1) is 5.56 Å². The summed E-state index contributed by atoms with van der Waals surface area (Å²) in [5.74, 6) is 0.881. The minimum atomic E-state index is 0.821. The topological polar surface area (TPSA) is 47.2 Å². The van der Waals surface area contributed by atoms with Gasteiger partial charge in [0.15, 0.2) is 6.33 Å². The third-order valence-corrected chi connectivity index (χ3v) is 3.70. The van der Waals surface area contributed by atoms with Gasteiger partial charge < -0.3 is 4.42 Å². The Morgan fingerprint density at radius 1 is 1.21 bits per heavy atom. The quantitative estimate of drug-likeness (QED) is 0.393. The number of nitrogens with zero attached hydrogens (tertiary/aromatic N) is 4. The van der Waals surface area contributed by atoms with Crippen molar-refractivity contribution in [1.29, 1.82) is 0 Å². The first-order valence-corrected chi connectivity index (χ1v) is 6.12. The molecule has 0 bridgehead atoms. The third-order valence-electron chi connectivity index (χ3n) is 3.70. The van der Waals surface area contributed by atoms with E-state index in [4.69, 9.17) is 4.42 Å². The summed E-state index contributed by atoms with van der Waals surface area (Å²) < 4.78 is 10.2. The van der Waals surface area contributed by atoms with Crippen LogP contribution >= 0.6 is 0 Å². The van der Waals surface area contributed by atoms with Gasteiger partial charge in [-0.05, 0) is 6.07 Å². The molecular weight excluding hydrogens is 240 g/mol. The summed E-state index contributed by atoms with van der Waals surface area (Å²) in [5.41, 5.74) is 5.35. The standard InChI is InChI=1S/C14H9N4O/c1-3-15-6-11-9(1)7-17-13-12(19-14(11)17)5-10-2-4-16-8-18(10)13/h1-6,8H,7H2/q+1. The minimum absolute atomic E-state index is 0.821. The molecule has 90 valence electrons. The molecule has 0 atom stereocenters. The lowest BCUT2D eigenvalue weighted by atomic mass is 10.2. The molecule has 0 aromatic carbocycles. The Labute approximate surface area is 107 Å². The van der Waals surface area contributed by atoms with Crippen LogP contribution in [0, 0.1) is 0 Å². The van der Waals surface area contributed by atoms with Crippen molar-refractivity contribution in [2.24, 2.45) is 0 Å². The highest BCUT2D eigenvalue weighted by Gasteiger charge is 2.32. The van der Waals surface area contributed by atoms with Crippen LogP contribution in [0.15, 0.2) is 47.5 Å². The van der Waals surface area contributed by atoms with Crippen LogP contribution in [0.3, 0.4) is 0 Å². The molecule has 0 unspecified atom stereocenters. The molecule has 0 N–H and O–H groups in total. The highest BCUT2D eigenvalue weighted by Crippen LogP contribution is 2.31. The summed E-state index contributed by atoms with van der Waals surface area (Å²) in [7, 11) is 0. The predicted octanol–water partition coefficient (Wildman–Crippen LogP) is 1.79. The fourth-order valence-electron chi connectivity index (χ4n) is 2.85. The summed E-state index contributed by atoms with van der Waals surface area (Å²) >= 11 is 0. The zero-order valence-corrected chi connectivity index (χ0v) is 9.95. The van der Waals surface area contributed by atoms with E-state index in [2.05, 4.69) is 18.9 Å². The molecule has 0 aliphatic carbocycles. The minimum Gasteiger partial charge on any atom is -0.414 e. The Bertz CT molecular complexity index is 951. The van der Waals surface area contributed by atoms with Gasteiger partial charge in [0.2, 0.25) is 5.58 Å². The van der Waals surface area contributed by atoms with Crippen molar-refractivity contribution >= 4 is 16.7 Å². The number of aromatic nitrogens is 4. The summed E-state index contributed by atoms with van der Waals surface area (Å²) in [4.78, 5) is 8.36. The van der Waals surface area contributed by atoms with E-state index < -0.39 is 0 Å². The Balaban J connectivity index is 1.94. The van der Waals surface area contributed by atoms with Crippen molar-refractivity contribution in [3.05, 3.63) is 48.7 Å².